The number of thioether (sulfide) groups is 1. The summed E-state index contributed by atoms with van der Waals surface area (Å²) in [5.41, 5.74) is 5.81. The van der Waals surface area contributed by atoms with E-state index in [9.17, 15) is 8.42 Å². The minimum atomic E-state index is -3.71. The van der Waals surface area contributed by atoms with Crippen LogP contribution in [0.25, 0.3) is 0 Å². The minimum Gasteiger partial charge on any atom is -0.398 e. The highest BCUT2D eigenvalue weighted by Gasteiger charge is 2.12. The van der Waals surface area contributed by atoms with Crippen molar-refractivity contribution in [1.82, 2.24) is 0 Å². The Morgan fingerprint density at radius 1 is 1.33 bits per heavy atom. The molecule has 0 bridgehead atoms. The zero-order valence-electron chi connectivity index (χ0n) is 8.60. The summed E-state index contributed by atoms with van der Waals surface area (Å²) in [4.78, 5) is 0.922. The third-order valence-corrected chi connectivity index (χ3v) is 3.64. The molecule has 15 heavy (non-hydrogen) atoms. The van der Waals surface area contributed by atoms with Gasteiger partial charge in [0.2, 0.25) is 10.0 Å². The summed E-state index contributed by atoms with van der Waals surface area (Å²) in [5, 5.41) is 5.42. The minimum absolute atomic E-state index is 0.0180. The van der Waals surface area contributed by atoms with E-state index >= 15 is 0 Å². The van der Waals surface area contributed by atoms with Gasteiger partial charge in [-0.05, 0) is 18.2 Å². The summed E-state index contributed by atoms with van der Waals surface area (Å²) < 4.78 is 22.2. The van der Waals surface area contributed by atoms with Crippen molar-refractivity contribution < 1.29 is 8.42 Å². The number of hydrogen-bond donors (Lipinski definition) is 2. The van der Waals surface area contributed by atoms with Gasteiger partial charge in [0.25, 0.3) is 0 Å². The molecular formula is C9H14N2O2S2. The lowest BCUT2D eigenvalue weighted by atomic mass is 10.3. The molecule has 1 rings (SSSR count). The van der Waals surface area contributed by atoms with Crippen LogP contribution < -0.4 is 10.9 Å². The van der Waals surface area contributed by atoms with Crippen LogP contribution in [0.1, 0.15) is 13.8 Å². The Labute approximate surface area is 94.1 Å². The molecule has 0 unspecified atom stereocenters. The van der Waals surface area contributed by atoms with E-state index < -0.39 is 10.0 Å². The predicted octanol–water partition coefficient (Wildman–Crippen LogP) is 1.42. The fourth-order valence-corrected chi connectivity index (χ4v) is 2.66. The molecule has 0 spiro atoms. The first-order chi connectivity index (χ1) is 6.80. The van der Waals surface area contributed by atoms with E-state index in [0.717, 1.165) is 4.90 Å². The fourth-order valence-electron chi connectivity index (χ4n) is 1.13. The van der Waals surface area contributed by atoms with Gasteiger partial charge in [0.1, 0.15) is 4.90 Å². The molecule has 1 aromatic rings. The van der Waals surface area contributed by atoms with Crippen molar-refractivity contribution in [3.05, 3.63) is 18.2 Å². The van der Waals surface area contributed by atoms with E-state index in [1.165, 1.54) is 6.07 Å². The summed E-state index contributed by atoms with van der Waals surface area (Å²) in [6, 6.07) is 4.78. The lowest BCUT2D eigenvalue weighted by Gasteiger charge is -2.08. The van der Waals surface area contributed by atoms with E-state index in [4.69, 9.17) is 10.9 Å². The molecule has 6 heteroatoms. The molecule has 0 aliphatic rings. The topological polar surface area (TPSA) is 86.2 Å². The normalized spacial score (nSPS) is 12.0. The van der Waals surface area contributed by atoms with Gasteiger partial charge in [0.05, 0.1) is 5.69 Å². The van der Waals surface area contributed by atoms with E-state index in [1.807, 2.05) is 0 Å². The second-order valence-electron chi connectivity index (χ2n) is 3.41. The summed E-state index contributed by atoms with van der Waals surface area (Å²) >= 11 is 1.62. The van der Waals surface area contributed by atoms with Crippen molar-refractivity contribution in [3.63, 3.8) is 0 Å². The maximum atomic E-state index is 11.1. The fraction of sp³-hybridized carbons (Fsp3) is 0.333. The van der Waals surface area contributed by atoms with Crippen LogP contribution >= 0.6 is 11.8 Å². The molecule has 4 nitrogen and oxygen atoms in total. The molecule has 0 saturated carbocycles. The molecule has 0 fully saturated rings. The molecule has 0 heterocycles. The van der Waals surface area contributed by atoms with Crippen molar-refractivity contribution in [1.29, 1.82) is 0 Å². The first-order valence-electron chi connectivity index (χ1n) is 4.39. The van der Waals surface area contributed by atoms with Crippen molar-refractivity contribution in [2.45, 2.75) is 28.9 Å². The number of rotatable bonds is 3. The number of benzene rings is 1. The van der Waals surface area contributed by atoms with Gasteiger partial charge in [0, 0.05) is 10.1 Å². The highest BCUT2D eigenvalue weighted by molar-refractivity contribution is 7.99. The van der Waals surface area contributed by atoms with Gasteiger partial charge < -0.3 is 5.73 Å². The predicted molar refractivity (Wildman–Crippen MR) is 63.2 cm³/mol. The Hall–Kier alpha value is -0.720. The van der Waals surface area contributed by atoms with Crippen LogP contribution in [0, 0.1) is 0 Å². The van der Waals surface area contributed by atoms with Crippen LogP contribution in [0.5, 0.6) is 0 Å². The monoisotopic (exact) mass is 246 g/mol. The van der Waals surface area contributed by atoms with Crippen LogP contribution in [0.2, 0.25) is 0 Å². The Kier molecular flexibility index (Phi) is 3.64. The average molecular weight is 246 g/mol. The van der Waals surface area contributed by atoms with Crippen LogP contribution in [0.3, 0.4) is 0 Å². The summed E-state index contributed by atoms with van der Waals surface area (Å²) in [5.74, 6) is 0. The van der Waals surface area contributed by atoms with Gasteiger partial charge in [-0.15, -0.1) is 11.8 Å². The summed E-state index contributed by atoms with van der Waals surface area (Å²) in [7, 11) is -3.71. The first kappa shape index (κ1) is 12.4. The van der Waals surface area contributed by atoms with Gasteiger partial charge in [-0.2, -0.15) is 0 Å². The van der Waals surface area contributed by atoms with E-state index in [1.54, 1.807) is 23.9 Å². The smallest absolute Gasteiger partial charge is 0.240 e. The van der Waals surface area contributed by atoms with Crippen LogP contribution in [-0.4, -0.2) is 13.7 Å². The third-order valence-electron chi connectivity index (χ3n) is 1.66. The van der Waals surface area contributed by atoms with Gasteiger partial charge in [-0.25, -0.2) is 13.6 Å². The lowest BCUT2D eigenvalue weighted by molar-refractivity contribution is 0.598. The second kappa shape index (κ2) is 4.42. The molecule has 0 aliphatic carbocycles. The van der Waals surface area contributed by atoms with E-state index in [2.05, 4.69) is 13.8 Å². The van der Waals surface area contributed by atoms with Crippen molar-refractivity contribution in [3.8, 4) is 0 Å². The third kappa shape index (κ3) is 3.40. The van der Waals surface area contributed by atoms with Gasteiger partial charge in [-0.1, -0.05) is 13.8 Å². The van der Waals surface area contributed by atoms with Crippen LogP contribution in [0.15, 0.2) is 28.0 Å². The van der Waals surface area contributed by atoms with Crippen LogP contribution in [0.4, 0.5) is 5.69 Å². The molecular weight excluding hydrogens is 232 g/mol. The first-order valence-corrected chi connectivity index (χ1v) is 6.82. The largest absolute Gasteiger partial charge is 0.398 e. The summed E-state index contributed by atoms with van der Waals surface area (Å²) in [6.07, 6.45) is 0. The van der Waals surface area contributed by atoms with Gasteiger partial charge in [-0.3, -0.25) is 0 Å². The highest BCUT2D eigenvalue weighted by Crippen LogP contribution is 2.27. The number of primary sulfonamides is 1. The zero-order valence-corrected chi connectivity index (χ0v) is 10.2. The maximum absolute atomic E-state index is 11.1. The molecule has 0 aromatic heterocycles. The van der Waals surface area contributed by atoms with Gasteiger partial charge >= 0.3 is 0 Å². The molecule has 0 atom stereocenters. The number of sulfonamides is 1. The van der Waals surface area contributed by atoms with Crippen molar-refractivity contribution in [2.24, 2.45) is 5.14 Å². The van der Waals surface area contributed by atoms with Crippen LogP contribution in [-0.2, 0) is 10.0 Å². The molecule has 84 valence electrons. The number of hydrogen-bond acceptors (Lipinski definition) is 4. The Bertz CT molecular complexity index is 455. The highest BCUT2D eigenvalue weighted by atomic mass is 32.2. The van der Waals surface area contributed by atoms with Crippen molar-refractivity contribution in [2.75, 3.05) is 5.73 Å². The molecule has 0 amide bonds. The molecule has 0 saturated heterocycles. The Morgan fingerprint density at radius 2 is 1.93 bits per heavy atom. The quantitative estimate of drug-likeness (QED) is 0.623. The number of nitrogen functional groups attached to an aromatic ring is 1. The maximum Gasteiger partial charge on any atom is 0.240 e. The zero-order chi connectivity index (χ0) is 11.6. The molecule has 4 N–H and O–H groups in total. The molecule has 0 radical (unpaired) electrons. The SMILES string of the molecule is CC(C)Sc1ccc(S(N)(=O)=O)c(N)c1. The standard InChI is InChI=1S/C9H14N2O2S2/c1-6(2)14-7-3-4-9(8(10)5-7)15(11,12)13/h3-6H,10H2,1-2H3,(H2,11,12,13). The Balaban J connectivity index is 3.09. The van der Waals surface area contributed by atoms with Crippen molar-refractivity contribution >= 4 is 27.5 Å². The average Bonchev–Trinajstić information content (AvgIpc) is 1.99. The number of nitrogens with two attached hydrogens (primary N) is 2. The number of anilines is 1. The van der Waals surface area contributed by atoms with Gasteiger partial charge in [0.15, 0.2) is 0 Å². The van der Waals surface area contributed by atoms with E-state index in [0.29, 0.717) is 5.25 Å². The van der Waals surface area contributed by atoms with E-state index in [-0.39, 0.29) is 10.6 Å². The molecule has 0 aliphatic heterocycles. The Morgan fingerprint density at radius 3 is 2.33 bits per heavy atom. The molecule has 1 aromatic carbocycles. The summed E-state index contributed by atoms with van der Waals surface area (Å²) in [6.45, 7) is 4.10. The lowest BCUT2D eigenvalue weighted by Crippen LogP contribution is -2.14. The second-order valence-corrected chi connectivity index (χ2v) is 6.59.